The lowest BCUT2D eigenvalue weighted by atomic mass is 9.92. The van der Waals surface area contributed by atoms with Gasteiger partial charge in [-0.25, -0.2) is 0 Å². The number of unbranched alkanes of at least 4 members (excludes halogenated alkanes) is 2. The van der Waals surface area contributed by atoms with Crippen molar-refractivity contribution in [3.63, 3.8) is 0 Å². The van der Waals surface area contributed by atoms with Crippen molar-refractivity contribution in [2.75, 3.05) is 86.2 Å². The molecule has 39 heavy (non-hydrogen) atoms. The van der Waals surface area contributed by atoms with Gasteiger partial charge in [0.25, 0.3) is 0 Å². The maximum Gasteiger partial charge on any atom is 0.118 e. The molecule has 0 aliphatic carbocycles. The van der Waals surface area contributed by atoms with Gasteiger partial charge in [-0.15, -0.1) is 0 Å². The van der Waals surface area contributed by atoms with Crippen LogP contribution in [0.5, 0.6) is 5.75 Å². The molecule has 1 rings (SSSR count). The van der Waals surface area contributed by atoms with Gasteiger partial charge in [-0.2, -0.15) is 0 Å². The van der Waals surface area contributed by atoms with Crippen LogP contribution in [0.4, 0.5) is 0 Å². The molecule has 0 saturated heterocycles. The number of benzene rings is 1. The van der Waals surface area contributed by atoms with Crippen molar-refractivity contribution in [3.8, 4) is 5.75 Å². The van der Waals surface area contributed by atoms with E-state index in [1.54, 1.807) is 7.11 Å². The molecule has 0 aliphatic heterocycles. The molecule has 0 spiro atoms. The van der Waals surface area contributed by atoms with E-state index in [9.17, 15) is 0 Å². The summed E-state index contributed by atoms with van der Waals surface area (Å²) >= 11 is 0. The number of rotatable bonds is 26. The zero-order valence-corrected chi connectivity index (χ0v) is 22.6. The molecule has 15 nitrogen and oxygen atoms in total. The maximum atomic E-state index is 8.47. The Balaban J connectivity index is 2.48. The van der Waals surface area contributed by atoms with E-state index in [2.05, 4.69) is 30.1 Å². The van der Waals surface area contributed by atoms with Crippen molar-refractivity contribution in [1.82, 2.24) is 0 Å². The monoisotopic (exact) mass is 549 g/mol. The number of hydrogen-bond donors (Lipinski definition) is 0. The Bertz CT molecular complexity index is 837. The highest BCUT2D eigenvalue weighted by molar-refractivity contribution is 5.26. The first-order chi connectivity index (χ1) is 19.2. The van der Waals surface area contributed by atoms with Crippen molar-refractivity contribution in [1.29, 1.82) is 0 Å². The van der Waals surface area contributed by atoms with Crippen LogP contribution < -0.4 is 4.74 Å². The molecule has 0 amide bonds. The highest BCUT2D eigenvalue weighted by Crippen LogP contribution is 2.21. The SMILES string of the molecule is COc1ccc(COCCCCCOCC(COCCN=[N+]=[N-])(COCCN=[N+]=[N-])COCCN=[N+]=[N-])cc1. The Morgan fingerprint density at radius 3 is 1.49 bits per heavy atom. The van der Waals surface area contributed by atoms with Crippen molar-refractivity contribution in [2.45, 2.75) is 25.9 Å². The Hall–Kier alpha value is -3.25. The van der Waals surface area contributed by atoms with Crippen LogP contribution in [0.15, 0.2) is 39.6 Å². The van der Waals surface area contributed by atoms with E-state index in [4.69, 9.17) is 45.0 Å². The van der Waals surface area contributed by atoms with E-state index in [1.807, 2.05) is 24.3 Å². The number of hydrogen-bond acceptors (Lipinski definition) is 9. The lowest BCUT2D eigenvalue weighted by Gasteiger charge is -2.33. The smallest absolute Gasteiger partial charge is 0.118 e. The second-order valence-electron chi connectivity index (χ2n) is 8.54. The van der Waals surface area contributed by atoms with E-state index < -0.39 is 5.41 Å². The molecule has 0 aliphatic rings. The predicted octanol–water partition coefficient (Wildman–Crippen LogP) is 5.37. The van der Waals surface area contributed by atoms with Gasteiger partial charge >= 0.3 is 0 Å². The first-order valence-corrected chi connectivity index (χ1v) is 12.7. The minimum Gasteiger partial charge on any atom is -0.497 e. The maximum absolute atomic E-state index is 8.47. The summed E-state index contributed by atoms with van der Waals surface area (Å²) in [5.74, 6) is 0.821. The molecule has 0 N–H and O–H groups in total. The molecule has 15 heteroatoms. The zero-order valence-electron chi connectivity index (χ0n) is 22.6. The van der Waals surface area contributed by atoms with Crippen molar-refractivity contribution in [3.05, 3.63) is 61.2 Å². The second kappa shape index (κ2) is 23.8. The Kier molecular flexibility index (Phi) is 20.6. The molecule has 0 bridgehead atoms. The second-order valence-corrected chi connectivity index (χ2v) is 8.54. The van der Waals surface area contributed by atoms with Crippen LogP contribution in [0.25, 0.3) is 31.3 Å². The third kappa shape index (κ3) is 17.8. The average molecular weight is 550 g/mol. The summed E-state index contributed by atoms with van der Waals surface area (Å²) in [5, 5.41) is 10.4. The molecule has 0 aromatic heterocycles. The number of azide groups is 3. The van der Waals surface area contributed by atoms with Gasteiger partial charge < -0.3 is 28.4 Å². The largest absolute Gasteiger partial charge is 0.497 e. The Labute approximate surface area is 228 Å². The summed E-state index contributed by atoms with van der Waals surface area (Å²) in [6, 6.07) is 7.80. The van der Waals surface area contributed by atoms with Crippen LogP contribution in [-0.2, 0) is 30.3 Å². The minimum atomic E-state index is -0.662. The van der Waals surface area contributed by atoms with E-state index in [0.717, 1.165) is 30.6 Å². The topological polar surface area (TPSA) is 202 Å². The van der Waals surface area contributed by atoms with Crippen LogP contribution in [0, 0.1) is 5.41 Å². The minimum absolute atomic E-state index is 0.198. The fourth-order valence-corrected chi connectivity index (χ4v) is 3.35. The Morgan fingerprint density at radius 1 is 0.615 bits per heavy atom. The first kappa shape index (κ1) is 33.8. The molecule has 1 aromatic carbocycles. The summed E-state index contributed by atoms with van der Waals surface area (Å²) < 4.78 is 34.1. The van der Waals surface area contributed by atoms with E-state index >= 15 is 0 Å². The molecule has 0 unspecified atom stereocenters. The van der Waals surface area contributed by atoms with E-state index in [1.165, 1.54) is 0 Å². The molecule has 0 radical (unpaired) electrons. The van der Waals surface area contributed by atoms with Crippen LogP contribution in [-0.4, -0.2) is 86.2 Å². The fourth-order valence-electron chi connectivity index (χ4n) is 3.35. The number of nitrogens with zero attached hydrogens (tertiary/aromatic N) is 9. The Morgan fingerprint density at radius 2 is 1.05 bits per heavy atom. The van der Waals surface area contributed by atoms with Crippen molar-refractivity contribution >= 4 is 0 Å². The third-order valence-electron chi connectivity index (χ3n) is 5.33. The molecule has 216 valence electrons. The predicted molar refractivity (Wildman–Crippen MR) is 144 cm³/mol. The van der Waals surface area contributed by atoms with Crippen molar-refractivity contribution in [2.24, 2.45) is 20.8 Å². The van der Waals surface area contributed by atoms with Gasteiger partial charge in [0, 0.05) is 47.6 Å². The normalized spacial score (nSPS) is 12.0. The quantitative estimate of drug-likeness (QED) is 0.0643. The summed E-state index contributed by atoms with van der Waals surface area (Å²) in [4.78, 5) is 8.17. The molecular weight excluding hydrogens is 510 g/mol. The van der Waals surface area contributed by atoms with Gasteiger partial charge in [0.1, 0.15) is 5.75 Å². The molecule has 0 atom stereocenters. The highest BCUT2D eigenvalue weighted by atomic mass is 16.5. The molecule has 0 saturated carbocycles. The van der Waals surface area contributed by atoms with Crippen LogP contribution in [0.3, 0.4) is 0 Å². The van der Waals surface area contributed by atoms with Crippen LogP contribution >= 0.6 is 0 Å². The lowest BCUT2D eigenvalue weighted by molar-refractivity contribution is -0.104. The highest BCUT2D eigenvalue weighted by Gasteiger charge is 2.32. The third-order valence-corrected chi connectivity index (χ3v) is 5.33. The number of methoxy groups -OCH3 is 1. The fraction of sp³-hybridized carbons (Fsp3) is 0.750. The summed E-state index contributed by atoms with van der Waals surface area (Å²) in [6.07, 6.45) is 2.72. The molecule has 1 aromatic rings. The molecule has 0 heterocycles. The van der Waals surface area contributed by atoms with Gasteiger partial charge in [0.2, 0.25) is 0 Å². The van der Waals surface area contributed by atoms with Gasteiger partial charge in [0.15, 0.2) is 0 Å². The lowest BCUT2D eigenvalue weighted by Crippen LogP contribution is -2.42. The van der Waals surface area contributed by atoms with Gasteiger partial charge in [0.05, 0.1) is 65.4 Å². The van der Waals surface area contributed by atoms with Crippen molar-refractivity contribution < 1.29 is 28.4 Å². The number of ether oxygens (including phenoxy) is 6. The summed E-state index contributed by atoms with van der Waals surface area (Å²) in [5.41, 5.74) is 25.8. The van der Waals surface area contributed by atoms with Crippen LogP contribution in [0.1, 0.15) is 24.8 Å². The van der Waals surface area contributed by atoms with Gasteiger partial charge in [-0.05, 0) is 53.6 Å². The average Bonchev–Trinajstić information content (AvgIpc) is 2.96. The first-order valence-electron chi connectivity index (χ1n) is 12.7. The zero-order chi connectivity index (χ0) is 28.3. The van der Waals surface area contributed by atoms with E-state index in [0.29, 0.717) is 26.4 Å². The summed E-state index contributed by atoms with van der Waals surface area (Å²) in [7, 11) is 1.64. The van der Waals surface area contributed by atoms with E-state index in [-0.39, 0.29) is 59.3 Å². The van der Waals surface area contributed by atoms with Crippen LogP contribution in [0.2, 0.25) is 0 Å². The van der Waals surface area contributed by atoms with Gasteiger partial charge in [-0.3, -0.25) is 0 Å². The summed E-state index contributed by atoms with van der Waals surface area (Å²) in [6.45, 7) is 4.05. The standard InChI is InChI=1S/C24H39N9O6/c1-34-23-7-5-22(6-8-23)17-35-12-3-2-4-13-36-18-24(19-37-14-9-28-31-25,20-38-15-10-29-32-26)21-39-16-11-30-33-27/h5-8H,2-4,9-21H2,1H3. The molecular formula is C24H39N9O6. The van der Waals surface area contributed by atoms with Gasteiger partial charge in [-0.1, -0.05) is 27.5 Å². The molecule has 0 fully saturated rings.